The predicted octanol–water partition coefficient (Wildman–Crippen LogP) is 5.90. The summed E-state index contributed by atoms with van der Waals surface area (Å²) in [7, 11) is 0.334. The average Bonchev–Trinajstić information content (AvgIpc) is 3.27. The summed E-state index contributed by atoms with van der Waals surface area (Å²) in [5.74, 6) is 1.40. The van der Waals surface area contributed by atoms with E-state index in [0.717, 1.165) is 38.9 Å². The van der Waals surface area contributed by atoms with Gasteiger partial charge in [-0.1, -0.05) is 36.4 Å². The molecule has 168 valence electrons. The third-order valence-corrected chi connectivity index (χ3v) is 6.33. The second kappa shape index (κ2) is 8.99. The van der Waals surface area contributed by atoms with E-state index in [1.54, 1.807) is 37.8 Å². The van der Waals surface area contributed by atoms with E-state index >= 15 is 0 Å². The summed E-state index contributed by atoms with van der Waals surface area (Å²) in [5.41, 5.74) is 5.16. The molecule has 0 aliphatic heterocycles. The number of nitrogens with zero attached hydrogens (tertiary/aromatic N) is 4. The van der Waals surface area contributed by atoms with E-state index in [1.807, 2.05) is 53.2 Å². The Morgan fingerprint density at radius 3 is 2.44 bits per heavy atom. The van der Waals surface area contributed by atoms with Crippen LogP contribution in [0.5, 0.6) is 5.75 Å². The van der Waals surface area contributed by atoms with Gasteiger partial charge in [-0.15, -0.1) is 4.91 Å². The summed E-state index contributed by atoms with van der Waals surface area (Å²) in [6.07, 6.45) is 5.19. The van der Waals surface area contributed by atoms with Gasteiger partial charge in [-0.3, -0.25) is 4.21 Å². The first kappa shape index (κ1) is 21.7. The zero-order valence-corrected chi connectivity index (χ0v) is 19.3. The zero-order chi connectivity index (χ0) is 23.7. The van der Waals surface area contributed by atoms with E-state index in [1.165, 1.54) is 0 Å². The first-order chi connectivity index (χ1) is 16.6. The molecule has 0 radical (unpaired) electrons. The predicted molar refractivity (Wildman–Crippen MR) is 134 cm³/mol. The van der Waals surface area contributed by atoms with E-state index in [-0.39, 0.29) is 5.16 Å². The fraction of sp³-hybridized carbons (Fsp3) is 0.0769. The van der Waals surface area contributed by atoms with Crippen LogP contribution in [-0.4, -0.2) is 32.1 Å². The Labute approximate surface area is 198 Å². The molecule has 0 bridgehead atoms. The van der Waals surface area contributed by atoms with Crippen molar-refractivity contribution in [2.24, 2.45) is 5.18 Å². The molecule has 8 heteroatoms. The minimum Gasteiger partial charge on any atom is -0.497 e. The van der Waals surface area contributed by atoms with Crippen molar-refractivity contribution in [3.8, 4) is 33.8 Å². The van der Waals surface area contributed by atoms with E-state index in [4.69, 9.17) is 4.74 Å². The standard InChI is InChI=1S/C26H20N4O3S/c1-33-21-9-6-17(7-10-21)23-16-30(25-12-13-27-26(28-25)34(2)32)24-15-19(8-11-22(23)24)18-4-3-5-20(14-18)29-31/h3-16H,1-2H3. The fourth-order valence-corrected chi connectivity index (χ4v) is 4.37. The maximum atomic E-state index is 12.0. The molecule has 7 nitrogen and oxygen atoms in total. The summed E-state index contributed by atoms with van der Waals surface area (Å²) in [5, 5.41) is 4.35. The van der Waals surface area contributed by atoms with Gasteiger partial charge in [0.15, 0.2) is 0 Å². The highest BCUT2D eigenvalue weighted by atomic mass is 32.2. The van der Waals surface area contributed by atoms with Crippen LogP contribution in [0.4, 0.5) is 5.69 Å². The van der Waals surface area contributed by atoms with Gasteiger partial charge in [-0.25, -0.2) is 9.97 Å². The number of hydrogen-bond donors (Lipinski definition) is 0. The second-order valence-corrected chi connectivity index (χ2v) is 8.94. The first-order valence-corrected chi connectivity index (χ1v) is 12.0. The second-order valence-electron chi connectivity index (χ2n) is 7.67. The third-order valence-electron chi connectivity index (χ3n) is 5.61. The van der Waals surface area contributed by atoms with Gasteiger partial charge in [-0.2, -0.15) is 0 Å². The van der Waals surface area contributed by atoms with E-state index in [2.05, 4.69) is 27.3 Å². The van der Waals surface area contributed by atoms with Crippen molar-refractivity contribution >= 4 is 27.4 Å². The Morgan fingerprint density at radius 2 is 1.71 bits per heavy atom. The summed E-state index contributed by atoms with van der Waals surface area (Å²) < 4.78 is 19.3. The summed E-state index contributed by atoms with van der Waals surface area (Å²) >= 11 is 0. The van der Waals surface area contributed by atoms with Crippen LogP contribution in [-0.2, 0) is 10.8 Å². The molecule has 0 aliphatic rings. The molecule has 0 aliphatic carbocycles. The van der Waals surface area contributed by atoms with Crippen LogP contribution < -0.4 is 4.74 Å². The SMILES string of the molecule is COc1ccc(-c2cn(-c3ccnc(S(C)=O)n3)c3cc(-c4cccc(N=O)c4)ccc23)cc1. The Bertz CT molecular complexity index is 1540. The van der Waals surface area contributed by atoms with Gasteiger partial charge < -0.3 is 9.30 Å². The van der Waals surface area contributed by atoms with Crippen molar-refractivity contribution < 1.29 is 8.95 Å². The van der Waals surface area contributed by atoms with Crippen LogP contribution in [0.15, 0.2) is 95.5 Å². The smallest absolute Gasteiger partial charge is 0.220 e. The Morgan fingerprint density at radius 1 is 0.941 bits per heavy atom. The topological polar surface area (TPSA) is 86.4 Å². The molecule has 0 spiro atoms. The normalized spacial score (nSPS) is 11.9. The largest absolute Gasteiger partial charge is 0.497 e. The Hall–Kier alpha value is -4.17. The Balaban J connectivity index is 1.74. The minimum absolute atomic E-state index is 0.270. The number of rotatable bonds is 6. The van der Waals surface area contributed by atoms with Crippen LogP contribution in [0.2, 0.25) is 0 Å². The van der Waals surface area contributed by atoms with E-state index < -0.39 is 10.8 Å². The lowest BCUT2D eigenvalue weighted by atomic mass is 10.0. The lowest BCUT2D eigenvalue weighted by molar-refractivity contribution is 0.415. The summed E-state index contributed by atoms with van der Waals surface area (Å²) in [4.78, 5) is 19.7. The van der Waals surface area contributed by atoms with Crippen LogP contribution in [0.1, 0.15) is 0 Å². The average molecular weight is 469 g/mol. The summed E-state index contributed by atoms with van der Waals surface area (Å²) in [6, 6.07) is 23.0. The van der Waals surface area contributed by atoms with Gasteiger partial charge in [0, 0.05) is 29.6 Å². The minimum atomic E-state index is -1.31. The van der Waals surface area contributed by atoms with Crippen molar-refractivity contribution in [1.82, 2.24) is 14.5 Å². The maximum absolute atomic E-state index is 12.0. The first-order valence-electron chi connectivity index (χ1n) is 10.5. The molecule has 5 aromatic rings. The molecule has 0 N–H and O–H groups in total. The molecule has 3 aromatic carbocycles. The van der Waals surface area contributed by atoms with Crippen LogP contribution in [0, 0.1) is 4.91 Å². The molecule has 0 fully saturated rings. The fourth-order valence-electron chi connectivity index (χ4n) is 3.94. The lowest BCUT2D eigenvalue weighted by Gasteiger charge is -2.07. The van der Waals surface area contributed by atoms with Crippen LogP contribution >= 0.6 is 0 Å². The maximum Gasteiger partial charge on any atom is 0.220 e. The van der Waals surface area contributed by atoms with E-state index in [0.29, 0.717) is 11.5 Å². The number of fused-ring (bicyclic) bond motifs is 1. The monoisotopic (exact) mass is 468 g/mol. The highest BCUT2D eigenvalue weighted by molar-refractivity contribution is 7.84. The van der Waals surface area contributed by atoms with Gasteiger partial charge in [0.25, 0.3) is 0 Å². The number of ether oxygens (including phenoxy) is 1. The molecule has 0 saturated carbocycles. The number of aromatic nitrogens is 3. The highest BCUT2D eigenvalue weighted by Crippen LogP contribution is 2.36. The number of nitroso groups, excluding NO2 is 1. The molecule has 34 heavy (non-hydrogen) atoms. The molecular formula is C26H20N4O3S. The molecule has 0 amide bonds. The molecule has 1 atom stereocenters. The van der Waals surface area contributed by atoms with Crippen molar-refractivity contribution in [2.75, 3.05) is 13.4 Å². The van der Waals surface area contributed by atoms with Crippen molar-refractivity contribution in [2.45, 2.75) is 5.16 Å². The number of hydrogen-bond acceptors (Lipinski definition) is 6. The van der Waals surface area contributed by atoms with E-state index in [9.17, 15) is 9.12 Å². The molecular weight excluding hydrogens is 448 g/mol. The third kappa shape index (κ3) is 3.99. The van der Waals surface area contributed by atoms with Crippen LogP contribution in [0.3, 0.4) is 0 Å². The Kier molecular flexibility index (Phi) is 5.73. The van der Waals surface area contributed by atoms with Crippen molar-refractivity contribution in [3.05, 3.63) is 90.1 Å². The molecule has 2 aromatic heterocycles. The molecule has 5 rings (SSSR count). The highest BCUT2D eigenvalue weighted by Gasteiger charge is 2.15. The van der Waals surface area contributed by atoms with Crippen molar-refractivity contribution in [3.63, 3.8) is 0 Å². The van der Waals surface area contributed by atoms with Gasteiger partial charge >= 0.3 is 0 Å². The lowest BCUT2D eigenvalue weighted by Crippen LogP contribution is -2.02. The molecule has 0 saturated heterocycles. The van der Waals surface area contributed by atoms with Gasteiger partial charge in [-0.05, 0) is 58.3 Å². The van der Waals surface area contributed by atoms with Gasteiger partial charge in [0.2, 0.25) is 5.16 Å². The number of methoxy groups -OCH3 is 1. The number of benzene rings is 3. The molecule has 2 heterocycles. The zero-order valence-electron chi connectivity index (χ0n) is 18.5. The van der Waals surface area contributed by atoms with Crippen LogP contribution in [0.25, 0.3) is 39.0 Å². The van der Waals surface area contributed by atoms with Gasteiger partial charge in [0.05, 0.1) is 23.4 Å². The van der Waals surface area contributed by atoms with Gasteiger partial charge in [0.1, 0.15) is 17.3 Å². The van der Waals surface area contributed by atoms with Crippen molar-refractivity contribution in [1.29, 1.82) is 0 Å². The summed E-state index contributed by atoms with van der Waals surface area (Å²) in [6.45, 7) is 0. The molecule has 1 unspecified atom stereocenters. The quantitative estimate of drug-likeness (QED) is 0.229.